The molecule has 24 heavy (non-hydrogen) atoms. The summed E-state index contributed by atoms with van der Waals surface area (Å²) in [6.07, 6.45) is 1.42. The molecule has 0 fully saturated rings. The van der Waals surface area contributed by atoms with Crippen molar-refractivity contribution >= 4 is 51.2 Å². The number of ether oxygens (including phenoxy) is 1. The third-order valence-electron chi connectivity index (χ3n) is 3.20. The number of carbonyl (C=O) groups is 1. The minimum absolute atomic E-state index is 0.0431. The zero-order chi connectivity index (χ0) is 17.3. The van der Waals surface area contributed by atoms with Gasteiger partial charge in [0, 0.05) is 6.07 Å². The molecule has 1 aliphatic rings. The highest BCUT2D eigenvalue weighted by Crippen LogP contribution is 2.28. The first kappa shape index (κ1) is 16.4. The molecular formula is C16H8BrClN2O4. The second-order valence-electron chi connectivity index (χ2n) is 4.78. The fourth-order valence-corrected chi connectivity index (χ4v) is 2.68. The van der Waals surface area contributed by atoms with Crippen LogP contribution in [0.1, 0.15) is 11.1 Å². The molecular weight excluding hydrogens is 400 g/mol. The topological polar surface area (TPSA) is 81.8 Å². The van der Waals surface area contributed by atoms with E-state index in [0.717, 1.165) is 0 Å². The van der Waals surface area contributed by atoms with Gasteiger partial charge in [0.1, 0.15) is 0 Å². The van der Waals surface area contributed by atoms with Crippen molar-refractivity contribution in [3.05, 3.63) is 78.9 Å². The first-order valence-electron chi connectivity index (χ1n) is 6.67. The molecule has 0 aromatic heterocycles. The van der Waals surface area contributed by atoms with Crippen LogP contribution in [0.4, 0.5) is 5.69 Å². The maximum absolute atomic E-state index is 12.0. The standard InChI is InChI=1S/C16H8BrClN2O4/c17-11-6-5-9(8-14(11)20(22)23)7-13-16(21)24-15(19-13)10-3-1-2-4-12(10)18/h1-8H/b13-7+. The Hall–Kier alpha value is -2.51. The molecule has 0 atom stereocenters. The van der Waals surface area contributed by atoms with Crippen LogP contribution in [0, 0.1) is 10.1 Å². The van der Waals surface area contributed by atoms with Gasteiger partial charge in [0.05, 0.1) is 20.0 Å². The van der Waals surface area contributed by atoms with Gasteiger partial charge in [-0.25, -0.2) is 9.79 Å². The number of nitro benzene ring substituents is 1. The number of rotatable bonds is 3. The van der Waals surface area contributed by atoms with E-state index in [4.69, 9.17) is 16.3 Å². The van der Waals surface area contributed by atoms with E-state index in [1.165, 1.54) is 18.2 Å². The molecule has 0 bridgehead atoms. The highest BCUT2D eigenvalue weighted by atomic mass is 79.9. The van der Waals surface area contributed by atoms with Crippen molar-refractivity contribution in [1.82, 2.24) is 0 Å². The van der Waals surface area contributed by atoms with Crippen molar-refractivity contribution in [2.45, 2.75) is 0 Å². The summed E-state index contributed by atoms with van der Waals surface area (Å²) < 4.78 is 5.48. The predicted octanol–water partition coefficient (Wildman–Crippen LogP) is 4.36. The highest BCUT2D eigenvalue weighted by molar-refractivity contribution is 9.10. The molecule has 1 aliphatic heterocycles. The molecule has 0 amide bonds. The summed E-state index contributed by atoms with van der Waals surface area (Å²) in [5.41, 5.74) is 0.895. The first-order valence-corrected chi connectivity index (χ1v) is 7.84. The number of cyclic esters (lactones) is 1. The van der Waals surface area contributed by atoms with E-state index in [-0.39, 0.29) is 17.3 Å². The Morgan fingerprint density at radius 3 is 2.71 bits per heavy atom. The second-order valence-corrected chi connectivity index (χ2v) is 6.05. The maximum Gasteiger partial charge on any atom is 0.363 e. The van der Waals surface area contributed by atoms with Crippen LogP contribution in [0.5, 0.6) is 0 Å². The van der Waals surface area contributed by atoms with Crippen molar-refractivity contribution in [2.75, 3.05) is 0 Å². The third-order valence-corrected chi connectivity index (χ3v) is 4.20. The van der Waals surface area contributed by atoms with Gasteiger partial charge < -0.3 is 4.74 Å². The average molecular weight is 408 g/mol. The molecule has 2 aromatic rings. The molecule has 0 saturated carbocycles. The highest BCUT2D eigenvalue weighted by Gasteiger charge is 2.25. The number of nitrogens with zero attached hydrogens (tertiary/aromatic N) is 2. The lowest BCUT2D eigenvalue weighted by Gasteiger charge is -2.00. The summed E-state index contributed by atoms with van der Waals surface area (Å²) in [4.78, 5) is 26.6. The van der Waals surface area contributed by atoms with E-state index in [1.54, 1.807) is 30.3 Å². The predicted molar refractivity (Wildman–Crippen MR) is 92.9 cm³/mol. The van der Waals surface area contributed by atoms with Gasteiger partial charge in [0.25, 0.3) is 5.69 Å². The Morgan fingerprint density at radius 2 is 2.00 bits per heavy atom. The van der Waals surface area contributed by atoms with E-state index in [9.17, 15) is 14.9 Å². The minimum atomic E-state index is -0.643. The smallest absolute Gasteiger partial charge is 0.363 e. The molecule has 0 spiro atoms. The molecule has 0 aliphatic carbocycles. The second kappa shape index (κ2) is 6.54. The van der Waals surface area contributed by atoms with Crippen molar-refractivity contribution in [3.63, 3.8) is 0 Å². The minimum Gasteiger partial charge on any atom is -0.402 e. The fraction of sp³-hybridized carbons (Fsp3) is 0. The van der Waals surface area contributed by atoms with Gasteiger partial charge in [-0.2, -0.15) is 0 Å². The van der Waals surface area contributed by atoms with Crippen LogP contribution in [-0.4, -0.2) is 16.8 Å². The maximum atomic E-state index is 12.0. The van der Waals surface area contributed by atoms with E-state index in [2.05, 4.69) is 20.9 Å². The van der Waals surface area contributed by atoms with E-state index < -0.39 is 10.9 Å². The van der Waals surface area contributed by atoms with E-state index in [1.807, 2.05) is 0 Å². The lowest BCUT2D eigenvalue weighted by Crippen LogP contribution is -2.05. The Balaban J connectivity index is 1.99. The van der Waals surface area contributed by atoms with Crippen molar-refractivity contribution in [2.24, 2.45) is 4.99 Å². The monoisotopic (exact) mass is 406 g/mol. The molecule has 6 nitrogen and oxygen atoms in total. The Labute approximate surface area is 149 Å². The van der Waals surface area contributed by atoms with Crippen LogP contribution < -0.4 is 0 Å². The summed E-state index contributed by atoms with van der Waals surface area (Å²) in [5, 5.41) is 11.4. The molecule has 1 heterocycles. The van der Waals surface area contributed by atoms with Gasteiger partial charge in [-0.05, 0) is 45.8 Å². The zero-order valence-corrected chi connectivity index (χ0v) is 14.2. The molecule has 0 radical (unpaired) electrons. The summed E-state index contributed by atoms with van der Waals surface area (Å²) in [6, 6.07) is 11.3. The number of esters is 1. The molecule has 3 rings (SSSR count). The number of halogens is 2. The number of nitro groups is 1. The van der Waals surface area contributed by atoms with E-state index in [0.29, 0.717) is 20.6 Å². The summed E-state index contributed by atoms with van der Waals surface area (Å²) in [5.74, 6) is -0.543. The Kier molecular flexibility index (Phi) is 4.46. The van der Waals surface area contributed by atoms with Crippen molar-refractivity contribution in [3.8, 4) is 0 Å². The fourth-order valence-electron chi connectivity index (χ4n) is 2.08. The molecule has 2 aromatic carbocycles. The lowest BCUT2D eigenvalue weighted by atomic mass is 10.1. The van der Waals surface area contributed by atoms with Gasteiger partial charge in [-0.1, -0.05) is 29.8 Å². The van der Waals surface area contributed by atoms with Gasteiger partial charge in [-0.3, -0.25) is 10.1 Å². The van der Waals surface area contributed by atoms with Crippen molar-refractivity contribution in [1.29, 1.82) is 0 Å². The third kappa shape index (κ3) is 3.22. The van der Waals surface area contributed by atoms with Gasteiger partial charge in [-0.15, -0.1) is 0 Å². The average Bonchev–Trinajstić information content (AvgIpc) is 2.90. The van der Waals surface area contributed by atoms with Crippen LogP contribution in [0.2, 0.25) is 5.02 Å². The van der Waals surface area contributed by atoms with Gasteiger partial charge in [0.15, 0.2) is 5.70 Å². The summed E-state index contributed by atoms with van der Waals surface area (Å²) in [7, 11) is 0. The van der Waals surface area contributed by atoms with Crippen LogP contribution in [0.15, 0.2) is 57.6 Å². The molecule has 8 heteroatoms. The number of aliphatic imine (C=N–C) groups is 1. The number of benzene rings is 2. The largest absolute Gasteiger partial charge is 0.402 e. The summed E-state index contributed by atoms with van der Waals surface area (Å²) >= 11 is 9.17. The molecule has 0 saturated heterocycles. The molecule has 0 unspecified atom stereocenters. The summed E-state index contributed by atoms with van der Waals surface area (Å²) in [6.45, 7) is 0. The van der Waals surface area contributed by atoms with Crippen molar-refractivity contribution < 1.29 is 14.5 Å². The number of carbonyl (C=O) groups excluding carboxylic acids is 1. The van der Waals surface area contributed by atoms with Crippen LogP contribution in [0.25, 0.3) is 6.08 Å². The Morgan fingerprint density at radius 1 is 1.25 bits per heavy atom. The van der Waals surface area contributed by atoms with Gasteiger partial charge in [0.2, 0.25) is 5.90 Å². The molecule has 120 valence electrons. The first-order chi connectivity index (χ1) is 11.5. The Bertz CT molecular complexity index is 924. The van der Waals surface area contributed by atoms with Gasteiger partial charge >= 0.3 is 5.97 Å². The lowest BCUT2D eigenvalue weighted by molar-refractivity contribution is -0.385. The van der Waals surface area contributed by atoms with Crippen LogP contribution >= 0.6 is 27.5 Å². The SMILES string of the molecule is O=C1OC(c2ccccc2Cl)=N/C1=C/c1ccc(Br)c([N+](=O)[O-])c1. The van der Waals surface area contributed by atoms with E-state index >= 15 is 0 Å². The normalized spacial score (nSPS) is 15.3. The van der Waals surface area contributed by atoms with Crippen LogP contribution in [0.3, 0.4) is 0 Å². The number of hydrogen-bond donors (Lipinski definition) is 0. The quantitative estimate of drug-likeness (QED) is 0.328. The molecule has 0 N–H and O–H groups in total. The van der Waals surface area contributed by atoms with Crippen LogP contribution in [-0.2, 0) is 9.53 Å². The number of hydrogen-bond acceptors (Lipinski definition) is 5. The zero-order valence-electron chi connectivity index (χ0n) is 11.9.